The van der Waals surface area contributed by atoms with Crippen molar-refractivity contribution in [1.82, 2.24) is 9.78 Å². The summed E-state index contributed by atoms with van der Waals surface area (Å²) in [4.78, 5) is 11.3. The number of allylic oxidation sites excluding steroid dienone is 1. The number of hydrogen-bond donors (Lipinski definition) is 1. The number of hydrogen-bond acceptors (Lipinski definition) is 3. The number of halogens is 2. The Labute approximate surface area is 167 Å². The number of benzene rings is 1. The fraction of sp³-hybridized carbons (Fsp3) is 0.300. The number of nitrogens with zero attached hydrogens (tertiary/aromatic N) is 2. The molecule has 1 aliphatic rings. The summed E-state index contributed by atoms with van der Waals surface area (Å²) < 4.78 is 7.71. The van der Waals surface area contributed by atoms with Crippen LogP contribution in [0.4, 0.5) is 0 Å². The van der Waals surface area contributed by atoms with Crippen molar-refractivity contribution in [1.29, 1.82) is 0 Å². The van der Waals surface area contributed by atoms with Gasteiger partial charge < -0.3 is 9.84 Å². The maximum atomic E-state index is 11.3. The fourth-order valence-electron chi connectivity index (χ4n) is 2.77. The molecule has 142 valence electrons. The van der Waals surface area contributed by atoms with Gasteiger partial charge in [0.1, 0.15) is 5.75 Å². The van der Waals surface area contributed by atoms with Crippen molar-refractivity contribution >= 4 is 41.3 Å². The third-order valence-corrected chi connectivity index (χ3v) is 4.85. The SMILES string of the molecule is CC(C)COc1cc(Cl)c(Cl)cc1Cn1ncc2c1C=CCC(C(=O)O)=C2. The molecule has 0 aliphatic heterocycles. The van der Waals surface area contributed by atoms with Crippen molar-refractivity contribution < 1.29 is 14.6 Å². The maximum absolute atomic E-state index is 11.3. The van der Waals surface area contributed by atoms with E-state index in [4.69, 9.17) is 27.9 Å². The van der Waals surface area contributed by atoms with Gasteiger partial charge in [-0.05, 0) is 30.6 Å². The van der Waals surface area contributed by atoms with E-state index in [1.165, 1.54) is 0 Å². The second-order valence-corrected chi connectivity index (χ2v) is 7.62. The highest BCUT2D eigenvalue weighted by Crippen LogP contribution is 2.32. The number of fused-ring (bicyclic) bond motifs is 1. The monoisotopic (exact) mass is 406 g/mol. The van der Waals surface area contributed by atoms with Gasteiger partial charge in [0.25, 0.3) is 0 Å². The van der Waals surface area contributed by atoms with Gasteiger partial charge >= 0.3 is 5.97 Å². The van der Waals surface area contributed by atoms with Crippen molar-refractivity contribution in [2.45, 2.75) is 26.8 Å². The van der Waals surface area contributed by atoms with Gasteiger partial charge in [0.05, 0.1) is 35.1 Å². The lowest BCUT2D eigenvalue weighted by Crippen LogP contribution is -2.09. The van der Waals surface area contributed by atoms with E-state index in [2.05, 4.69) is 18.9 Å². The summed E-state index contributed by atoms with van der Waals surface area (Å²) in [5, 5.41) is 14.6. The summed E-state index contributed by atoms with van der Waals surface area (Å²) in [6.07, 6.45) is 7.42. The quantitative estimate of drug-likeness (QED) is 0.719. The largest absolute Gasteiger partial charge is 0.493 e. The van der Waals surface area contributed by atoms with Gasteiger partial charge in [-0.3, -0.25) is 4.68 Å². The van der Waals surface area contributed by atoms with Crippen LogP contribution in [0.5, 0.6) is 5.75 Å². The molecule has 0 fully saturated rings. The van der Waals surface area contributed by atoms with E-state index in [0.717, 1.165) is 16.8 Å². The summed E-state index contributed by atoms with van der Waals surface area (Å²) in [6, 6.07) is 3.51. The lowest BCUT2D eigenvalue weighted by Gasteiger charge is -2.15. The molecule has 2 aromatic rings. The molecule has 1 aliphatic carbocycles. The number of ether oxygens (including phenoxy) is 1. The van der Waals surface area contributed by atoms with Crippen LogP contribution in [0.3, 0.4) is 0 Å². The smallest absolute Gasteiger partial charge is 0.331 e. The molecular formula is C20H20Cl2N2O3. The molecule has 0 amide bonds. The summed E-state index contributed by atoms with van der Waals surface area (Å²) in [5.74, 6) is 0.117. The molecule has 1 aromatic carbocycles. The van der Waals surface area contributed by atoms with Crippen LogP contribution in [0.15, 0.2) is 30.0 Å². The molecule has 7 heteroatoms. The molecule has 0 unspecified atom stereocenters. The maximum Gasteiger partial charge on any atom is 0.331 e. The molecule has 0 saturated carbocycles. The number of carbonyl (C=O) groups is 1. The fourth-order valence-corrected chi connectivity index (χ4v) is 3.11. The highest BCUT2D eigenvalue weighted by Gasteiger charge is 2.16. The second-order valence-electron chi connectivity index (χ2n) is 6.80. The van der Waals surface area contributed by atoms with Gasteiger partial charge in [-0.1, -0.05) is 43.1 Å². The highest BCUT2D eigenvalue weighted by molar-refractivity contribution is 6.42. The van der Waals surface area contributed by atoms with Crippen molar-refractivity contribution in [3.05, 3.63) is 56.8 Å². The highest BCUT2D eigenvalue weighted by atomic mass is 35.5. The van der Waals surface area contributed by atoms with Crippen LogP contribution in [0.25, 0.3) is 12.2 Å². The molecule has 0 atom stereocenters. The van der Waals surface area contributed by atoms with Gasteiger partial charge in [-0.15, -0.1) is 0 Å². The third-order valence-electron chi connectivity index (χ3n) is 4.12. The van der Waals surface area contributed by atoms with Crippen LogP contribution >= 0.6 is 23.2 Å². The first-order valence-electron chi connectivity index (χ1n) is 8.62. The van der Waals surface area contributed by atoms with Gasteiger partial charge in [-0.25, -0.2) is 4.79 Å². The van der Waals surface area contributed by atoms with Crippen molar-refractivity contribution in [3.63, 3.8) is 0 Å². The molecule has 0 bridgehead atoms. The average molecular weight is 407 g/mol. The summed E-state index contributed by atoms with van der Waals surface area (Å²) in [5.41, 5.74) is 2.80. The molecule has 27 heavy (non-hydrogen) atoms. The minimum absolute atomic E-state index is 0.333. The zero-order valence-electron chi connectivity index (χ0n) is 15.1. The standard InChI is InChI=1S/C20H20Cl2N2O3/c1-12(2)11-27-19-8-17(22)16(21)7-15(19)10-24-18-5-3-4-13(20(25)26)6-14(18)9-23-24/h3,5-9,12H,4,10-11H2,1-2H3,(H,25,26). The zero-order chi connectivity index (χ0) is 19.6. The minimum atomic E-state index is -0.922. The van der Waals surface area contributed by atoms with Gasteiger partial charge in [0.2, 0.25) is 0 Å². The Bertz CT molecular complexity index is 930. The number of aliphatic carboxylic acids is 1. The Morgan fingerprint density at radius 1 is 1.33 bits per heavy atom. The van der Waals surface area contributed by atoms with Crippen LogP contribution in [-0.4, -0.2) is 27.5 Å². The Hall–Kier alpha value is -2.24. The molecule has 0 spiro atoms. The third kappa shape index (κ3) is 4.54. The van der Waals surface area contributed by atoms with Crippen LogP contribution in [-0.2, 0) is 11.3 Å². The normalized spacial score (nSPS) is 13.3. The molecule has 0 saturated heterocycles. The lowest BCUT2D eigenvalue weighted by atomic mass is 10.1. The summed E-state index contributed by atoms with van der Waals surface area (Å²) in [7, 11) is 0. The van der Waals surface area contributed by atoms with Crippen LogP contribution in [0, 0.1) is 5.92 Å². The van der Waals surface area contributed by atoms with Crippen molar-refractivity contribution in [2.24, 2.45) is 5.92 Å². The molecule has 1 aromatic heterocycles. The summed E-state index contributed by atoms with van der Waals surface area (Å²) in [6.45, 7) is 5.14. The zero-order valence-corrected chi connectivity index (χ0v) is 16.6. The lowest BCUT2D eigenvalue weighted by molar-refractivity contribution is -0.132. The molecule has 5 nitrogen and oxygen atoms in total. The molecule has 0 radical (unpaired) electrons. The Balaban J connectivity index is 1.95. The molecule has 1 N–H and O–H groups in total. The van der Waals surface area contributed by atoms with Crippen molar-refractivity contribution in [2.75, 3.05) is 6.61 Å². The second kappa shape index (κ2) is 8.19. The average Bonchev–Trinajstić information content (AvgIpc) is 2.84. The topological polar surface area (TPSA) is 64.4 Å². The Kier molecular flexibility index (Phi) is 5.92. The number of rotatable bonds is 6. The van der Waals surface area contributed by atoms with Gasteiger partial charge in [0, 0.05) is 22.8 Å². The van der Waals surface area contributed by atoms with Gasteiger partial charge in [-0.2, -0.15) is 5.10 Å². The first-order valence-corrected chi connectivity index (χ1v) is 9.37. The Morgan fingerprint density at radius 2 is 2.07 bits per heavy atom. The predicted molar refractivity (Wildman–Crippen MR) is 107 cm³/mol. The van der Waals surface area contributed by atoms with Crippen molar-refractivity contribution in [3.8, 4) is 5.75 Å². The van der Waals surface area contributed by atoms with Gasteiger partial charge in [0.15, 0.2) is 0 Å². The van der Waals surface area contributed by atoms with Crippen LogP contribution in [0.1, 0.15) is 37.1 Å². The number of aromatic nitrogens is 2. The van der Waals surface area contributed by atoms with Crippen LogP contribution in [0.2, 0.25) is 10.0 Å². The van der Waals surface area contributed by atoms with E-state index in [9.17, 15) is 9.90 Å². The molecule has 1 heterocycles. The number of carboxylic acid groups (broad SMARTS) is 1. The first kappa shape index (κ1) is 19.5. The molecular weight excluding hydrogens is 387 g/mol. The van der Waals surface area contributed by atoms with E-state index >= 15 is 0 Å². The van der Waals surface area contributed by atoms with E-state index in [1.54, 1.807) is 29.1 Å². The van der Waals surface area contributed by atoms with E-state index < -0.39 is 5.97 Å². The summed E-state index contributed by atoms with van der Waals surface area (Å²) >= 11 is 12.4. The number of carboxylic acids is 1. The first-order chi connectivity index (χ1) is 12.8. The van der Waals surface area contributed by atoms with Crippen LogP contribution < -0.4 is 4.74 Å². The minimum Gasteiger partial charge on any atom is -0.493 e. The van der Waals surface area contributed by atoms with E-state index in [1.807, 2.05) is 12.2 Å². The van der Waals surface area contributed by atoms with E-state index in [-0.39, 0.29) is 0 Å². The van der Waals surface area contributed by atoms with E-state index in [0.29, 0.717) is 46.9 Å². The molecule has 3 rings (SSSR count). The Morgan fingerprint density at radius 3 is 2.78 bits per heavy atom. The predicted octanol–water partition coefficient (Wildman–Crippen LogP) is 5.16.